The Balaban J connectivity index is 2.25. The van der Waals surface area contributed by atoms with Gasteiger partial charge in [0.1, 0.15) is 0 Å². The van der Waals surface area contributed by atoms with Gasteiger partial charge in [0.05, 0.1) is 0 Å². The third-order valence-electron chi connectivity index (χ3n) is 2.83. The van der Waals surface area contributed by atoms with E-state index in [4.69, 9.17) is 15.2 Å². The van der Waals surface area contributed by atoms with Crippen LogP contribution in [0.15, 0.2) is 12.1 Å². The fourth-order valence-electron chi connectivity index (χ4n) is 2.00. The summed E-state index contributed by atoms with van der Waals surface area (Å²) in [5, 5.41) is 18.8. The van der Waals surface area contributed by atoms with Crippen LogP contribution in [-0.2, 0) is 6.42 Å². The van der Waals surface area contributed by atoms with Crippen molar-refractivity contribution >= 4 is 12.6 Å². The second-order valence-corrected chi connectivity index (χ2v) is 3.99. The lowest BCUT2D eigenvalue weighted by atomic mass is 9.75. The highest BCUT2D eigenvalue weighted by molar-refractivity contribution is 6.60. The number of fused-ring (bicyclic) bond motifs is 1. The van der Waals surface area contributed by atoms with Crippen LogP contribution >= 0.6 is 0 Å². The predicted octanol–water partition coefficient (Wildman–Crippen LogP) is -0.624. The largest absolute Gasteiger partial charge is 0.492 e. The van der Waals surface area contributed by atoms with Gasteiger partial charge in [-0.25, -0.2) is 0 Å². The maximum Gasteiger partial charge on any atom is 0.492 e. The zero-order valence-electron chi connectivity index (χ0n) is 9.56. The van der Waals surface area contributed by atoms with Gasteiger partial charge in [-0.3, -0.25) is 0 Å². The van der Waals surface area contributed by atoms with E-state index in [1.807, 2.05) is 6.07 Å². The van der Waals surface area contributed by atoms with Crippen molar-refractivity contribution in [1.82, 2.24) is 0 Å². The number of aryl methyl sites for hydroxylation is 1. The molecule has 5 nitrogen and oxygen atoms in total. The standard InChI is InChI=1S/C11H16BNO4/c13-6-2-1-3-8-4-5-9-11(17-7-16-9)10(8)12(14)15/h4-5,14-15H,1-3,6-7,13H2. The number of hydrogen-bond acceptors (Lipinski definition) is 5. The maximum atomic E-state index is 9.42. The Labute approximate surface area is 100 Å². The van der Waals surface area contributed by atoms with Gasteiger partial charge in [-0.15, -0.1) is 0 Å². The van der Waals surface area contributed by atoms with Gasteiger partial charge in [-0.1, -0.05) is 6.07 Å². The molecule has 92 valence electrons. The van der Waals surface area contributed by atoms with Gasteiger partial charge in [0.25, 0.3) is 0 Å². The van der Waals surface area contributed by atoms with Crippen molar-refractivity contribution in [1.29, 1.82) is 0 Å². The second-order valence-electron chi connectivity index (χ2n) is 3.99. The van der Waals surface area contributed by atoms with Crippen LogP contribution in [0.4, 0.5) is 0 Å². The van der Waals surface area contributed by atoms with Crippen molar-refractivity contribution in [3.8, 4) is 11.5 Å². The highest BCUT2D eigenvalue weighted by Gasteiger charge is 2.27. The first-order chi connectivity index (χ1) is 8.24. The first-order valence-corrected chi connectivity index (χ1v) is 5.71. The monoisotopic (exact) mass is 237 g/mol. The van der Waals surface area contributed by atoms with Crippen molar-refractivity contribution in [3.63, 3.8) is 0 Å². The molecule has 0 aliphatic carbocycles. The van der Waals surface area contributed by atoms with Crippen molar-refractivity contribution in [2.24, 2.45) is 5.73 Å². The summed E-state index contributed by atoms with van der Waals surface area (Å²) in [6, 6.07) is 3.64. The van der Waals surface area contributed by atoms with Crippen LogP contribution < -0.4 is 20.7 Å². The van der Waals surface area contributed by atoms with Crippen molar-refractivity contribution in [3.05, 3.63) is 17.7 Å². The van der Waals surface area contributed by atoms with Crippen LogP contribution in [0.5, 0.6) is 11.5 Å². The van der Waals surface area contributed by atoms with E-state index in [0.29, 0.717) is 23.5 Å². The summed E-state index contributed by atoms with van der Waals surface area (Å²) < 4.78 is 10.5. The van der Waals surface area contributed by atoms with Gasteiger partial charge in [-0.05, 0) is 37.4 Å². The minimum atomic E-state index is -1.54. The van der Waals surface area contributed by atoms with Crippen LogP contribution in [0.25, 0.3) is 0 Å². The molecule has 0 bridgehead atoms. The number of unbranched alkanes of at least 4 members (excludes halogenated alkanes) is 1. The normalized spacial score (nSPS) is 12.9. The van der Waals surface area contributed by atoms with Gasteiger partial charge in [0.15, 0.2) is 11.5 Å². The molecule has 1 heterocycles. The molecule has 0 radical (unpaired) electrons. The highest BCUT2D eigenvalue weighted by atomic mass is 16.7. The topological polar surface area (TPSA) is 84.9 Å². The average Bonchev–Trinajstić information content (AvgIpc) is 2.76. The van der Waals surface area contributed by atoms with Gasteiger partial charge in [-0.2, -0.15) is 0 Å². The molecule has 0 aromatic heterocycles. The summed E-state index contributed by atoms with van der Waals surface area (Å²) in [6.45, 7) is 0.767. The lowest BCUT2D eigenvalue weighted by Crippen LogP contribution is -2.34. The Morgan fingerprint density at radius 3 is 2.76 bits per heavy atom. The molecule has 0 fully saturated rings. The minimum absolute atomic E-state index is 0.126. The lowest BCUT2D eigenvalue weighted by molar-refractivity contribution is 0.174. The number of nitrogens with two attached hydrogens (primary N) is 1. The molecule has 17 heavy (non-hydrogen) atoms. The molecule has 0 saturated carbocycles. The molecule has 0 atom stereocenters. The number of ether oxygens (including phenoxy) is 2. The molecule has 2 rings (SSSR count). The fraction of sp³-hybridized carbons (Fsp3) is 0.455. The van der Waals surface area contributed by atoms with Crippen molar-refractivity contribution in [2.75, 3.05) is 13.3 Å². The van der Waals surface area contributed by atoms with Crippen molar-refractivity contribution in [2.45, 2.75) is 19.3 Å². The number of benzene rings is 1. The molecule has 1 aliphatic heterocycles. The van der Waals surface area contributed by atoms with Gasteiger partial charge in [0, 0.05) is 5.46 Å². The molecular formula is C11H16BNO4. The Bertz CT molecular complexity index is 397. The Morgan fingerprint density at radius 2 is 2.06 bits per heavy atom. The Hall–Kier alpha value is -1.24. The fourth-order valence-corrected chi connectivity index (χ4v) is 2.00. The average molecular weight is 237 g/mol. The van der Waals surface area contributed by atoms with E-state index in [0.717, 1.165) is 24.8 Å². The van der Waals surface area contributed by atoms with E-state index >= 15 is 0 Å². The third-order valence-corrected chi connectivity index (χ3v) is 2.83. The summed E-state index contributed by atoms with van der Waals surface area (Å²) in [5.74, 6) is 1.01. The quantitative estimate of drug-likeness (QED) is 0.469. The van der Waals surface area contributed by atoms with E-state index in [2.05, 4.69) is 0 Å². The van der Waals surface area contributed by atoms with Crippen molar-refractivity contribution < 1.29 is 19.5 Å². The van der Waals surface area contributed by atoms with Crippen LogP contribution in [0, 0.1) is 0 Å². The summed E-state index contributed by atoms with van der Waals surface area (Å²) in [7, 11) is -1.54. The summed E-state index contributed by atoms with van der Waals surface area (Å²) >= 11 is 0. The smallest absolute Gasteiger partial charge is 0.454 e. The van der Waals surface area contributed by atoms with E-state index in [1.54, 1.807) is 6.07 Å². The SMILES string of the molecule is NCCCCc1ccc2c(c1B(O)O)OCO2. The molecular weight excluding hydrogens is 221 g/mol. The number of hydrogen-bond donors (Lipinski definition) is 3. The third kappa shape index (κ3) is 2.54. The summed E-state index contributed by atoms with van der Waals surface area (Å²) in [4.78, 5) is 0. The van der Waals surface area contributed by atoms with Crippen LogP contribution in [-0.4, -0.2) is 30.5 Å². The molecule has 4 N–H and O–H groups in total. The van der Waals surface area contributed by atoms with Gasteiger partial charge < -0.3 is 25.3 Å². The molecule has 1 aromatic rings. The van der Waals surface area contributed by atoms with E-state index in [9.17, 15) is 10.0 Å². The first-order valence-electron chi connectivity index (χ1n) is 5.71. The molecule has 0 saturated heterocycles. The van der Waals surface area contributed by atoms with Gasteiger partial charge >= 0.3 is 7.12 Å². The molecule has 0 amide bonds. The first kappa shape index (κ1) is 12.2. The highest BCUT2D eigenvalue weighted by Crippen LogP contribution is 2.31. The van der Waals surface area contributed by atoms with Gasteiger partial charge in [0.2, 0.25) is 6.79 Å². The number of rotatable bonds is 5. The Kier molecular flexibility index (Phi) is 3.88. The molecule has 1 aromatic carbocycles. The Morgan fingerprint density at radius 1 is 1.24 bits per heavy atom. The molecule has 6 heteroatoms. The minimum Gasteiger partial charge on any atom is -0.454 e. The molecule has 1 aliphatic rings. The van der Waals surface area contributed by atoms with Crippen LogP contribution in [0.1, 0.15) is 18.4 Å². The zero-order chi connectivity index (χ0) is 12.3. The summed E-state index contributed by atoms with van der Waals surface area (Å²) in [5.41, 5.74) is 6.72. The van der Waals surface area contributed by atoms with E-state index < -0.39 is 7.12 Å². The zero-order valence-corrected chi connectivity index (χ0v) is 9.56. The van der Waals surface area contributed by atoms with Crippen LogP contribution in [0.3, 0.4) is 0 Å². The lowest BCUT2D eigenvalue weighted by Gasteiger charge is -2.11. The van der Waals surface area contributed by atoms with E-state index in [-0.39, 0.29) is 6.79 Å². The predicted molar refractivity (Wildman–Crippen MR) is 64.4 cm³/mol. The van der Waals surface area contributed by atoms with Crippen LogP contribution in [0.2, 0.25) is 0 Å². The molecule has 0 spiro atoms. The van der Waals surface area contributed by atoms with E-state index in [1.165, 1.54) is 0 Å². The maximum absolute atomic E-state index is 9.42. The molecule has 0 unspecified atom stereocenters. The summed E-state index contributed by atoms with van der Waals surface area (Å²) in [6.07, 6.45) is 2.58. The second kappa shape index (κ2) is 5.40.